The maximum Gasteiger partial charge on any atom is 0.255 e. The van der Waals surface area contributed by atoms with Crippen molar-refractivity contribution in [1.29, 1.82) is 0 Å². The molecule has 3 heterocycles. The van der Waals surface area contributed by atoms with Gasteiger partial charge in [-0.3, -0.25) is 19.2 Å². The van der Waals surface area contributed by atoms with Crippen molar-refractivity contribution in [3.63, 3.8) is 0 Å². The first-order chi connectivity index (χ1) is 23.3. The number of hydrogen-bond donors (Lipinski definition) is 4. The lowest BCUT2D eigenvalue weighted by molar-refractivity contribution is -0.133. The summed E-state index contributed by atoms with van der Waals surface area (Å²) in [5, 5.41) is 14.3. The van der Waals surface area contributed by atoms with Crippen LogP contribution in [0.1, 0.15) is 66.6 Å². The molecule has 254 valence electrons. The number of amides is 4. The van der Waals surface area contributed by atoms with Crippen LogP contribution in [0.2, 0.25) is 0 Å². The normalized spacial score (nSPS) is 15.7. The monoisotopic (exact) mass is 675 g/mol. The predicted octanol–water partition coefficient (Wildman–Crippen LogP) is 3.60. The molecule has 0 radical (unpaired) electrons. The number of likely N-dealkylation sites (N-methyl/N-ethyl adjacent to an activating group) is 1. The number of thiazole rings is 1. The van der Waals surface area contributed by atoms with Gasteiger partial charge in [0.2, 0.25) is 17.7 Å². The fourth-order valence-electron chi connectivity index (χ4n) is 6.42. The summed E-state index contributed by atoms with van der Waals surface area (Å²) in [6, 6.07) is 9.96. The number of carbonyl (C=O) groups is 5. The average molecular weight is 676 g/mol. The van der Waals surface area contributed by atoms with Crippen LogP contribution in [0.4, 0.5) is 16.6 Å². The Bertz CT molecular complexity index is 1610. The standard InChI is InChI=1S/C34H41N7O6S/c1-35-30(44)27(11-7-17-42)41-21-25-24(31(41)45)9-6-10-26(25)39-29(43)22-47-18-15-36-32(46)34(13-3-2-4-14-34)20-23-8-5-12-28(38-23)40-33-37-16-19-48-33/h5-6,8-10,12,16-17,19,27H,2-4,7,11,13-15,18,20-22H2,1H3,(H,35,44)(H,36,46)(H,39,43)(H,37,38,40). The van der Waals surface area contributed by atoms with Crippen molar-refractivity contribution in [2.45, 2.75) is 64.0 Å². The highest BCUT2D eigenvalue weighted by molar-refractivity contribution is 7.13. The molecule has 0 bridgehead atoms. The van der Waals surface area contributed by atoms with E-state index in [-0.39, 0.29) is 56.9 Å². The molecular weight excluding hydrogens is 634 g/mol. The summed E-state index contributed by atoms with van der Waals surface area (Å²) in [5.74, 6) is -0.450. The predicted molar refractivity (Wildman–Crippen MR) is 181 cm³/mol. The van der Waals surface area contributed by atoms with Gasteiger partial charge in [-0.2, -0.15) is 0 Å². The van der Waals surface area contributed by atoms with Gasteiger partial charge in [-0.1, -0.05) is 31.4 Å². The van der Waals surface area contributed by atoms with Crippen molar-refractivity contribution in [2.24, 2.45) is 5.41 Å². The second-order valence-electron chi connectivity index (χ2n) is 12.0. The molecule has 1 aliphatic heterocycles. The van der Waals surface area contributed by atoms with Gasteiger partial charge in [-0.05, 0) is 43.5 Å². The number of aromatic nitrogens is 2. The van der Waals surface area contributed by atoms with Gasteiger partial charge in [-0.15, -0.1) is 11.3 Å². The molecule has 1 aliphatic carbocycles. The Balaban J connectivity index is 1.11. The molecule has 0 spiro atoms. The van der Waals surface area contributed by atoms with Crippen molar-refractivity contribution in [2.75, 3.05) is 37.4 Å². The van der Waals surface area contributed by atoms with Crippen LogP contribution in [0.15, 0.2) is 48.0 Å². The number of fused-ring (bicyclic) bond motifs is 1. The molecule has 0 saturated heterocycles. The quantitative estimate of drug-likeness (QED) is 0.131. The number of carbonyl (C=O) groups excluding carboxylic acids is 5. The molecule has 5 rings (SSSR count). The highest BCUT2D eigenvalue weighted by atomic mass is 32.1. The highest BCUT2D eigenvalue weighted by Crippen LogP contribution is 2.39. The summed E-state index contributed by atoms with van der Waals surface area (Å²) in [4.78, 5) is 73.4. The second kappa shape index (κ2) is 16.4. The molecule has 4 N–H and O–H groups in total. The van der Waals surface area contributed by atoms with Crippen molar-refractivity contribution < 1.29 is 28.7 Å². The first-order valence-electron chi connectivity index (χ1n) is 16.2. The van der Waals surface area contributed by atoms with E-state index in [1.54, 1.807) is 24.4 Å². The fraction of sp³-hybridized carbons (Fsp3) is 0.441. The molecule has 3 aromatic rings. The van der Waals surface area contributed by atoms with Gasteiger partial charge >= 0.3 is 0 Å². The molecule has 4 amide bonds. The number of benzene rings is 1. The van der Waals surface area contributed by atoms with E-state index in [1.807, 2.05) is 23.6 Å². The van der Waals surface area contributed by atoms with E-state index in [1.165, 1.54) is 23.3 Å². The number of rotatable bonds is 16. The zero-order valence-corrected chi connectivity index (χ0v) is 27.8. The molecule has 2 aliphatic rings. The third kappa shape index (κ3) is 8.42. The van der Waals surface area contributed by atoms with E-state index >= 15 is 0 Å². The van der Waals surface area contributed by atoms with Gasteiger partial charge in [0.1, 0.15) is 24.8 Å². The number of pyridine rings is 1. The third-order valence-corrected chi connectivity index (χ3v) is 9.49. The smallest absolute Gasteiger partial charge is 0.255 e. The summed E-state index contributed by atoms with van der Waals surface area (Å²) in [6.07, 6.45) is 7.89. The molecule has 13 nitrogen and oxygen atoms in total. The van der Waals surface area contributed by atoms with E-state index in [4.69, 9.17) is 9.72 Å². The van der Waals surface area contributed by atoms with Gasteiger partial charge in [-0.25, -0.2) is 9.97 Å². The number of nitrogens with one attached hydrogen (secondary N) is 4. The van der Waals surface area contributed by atoms with Crippen molar-refractivity contribution in [1.82, 2.24) is 25.5 Å². The minimum atomic E-state index is -0.803. The Morgan fingerprint density at radius 2 is 1.94 bits per heavy atom. The van der Waals surface area contributed by atoms with Crippen LogP contribution in [-0.2, 0) is 36.9 Å². The van der Waals surface area contributed by atoms with E-state index in [0.29, 0.717) is 29.1 Å². The molecule has 1 atom stereocenters. The Morgan fingerprint density at radius 1 is 1.12 bits per heavy atom. The van der Waals surface area contributed by atoms with Gasteiger partial charge < -0.3 is 35.7 Å². The summed E-state index contributed by atoms with van der Waals surface area (Å²) in [6.45, 7) is 0.271. The topological polar surface area (TPSA) is 172 Å². The third-order valence-electron chi connectivity index (χ3n) is 8.80. The SMILES string of the molecule is CNC(=O)C(CCC=O)N1Cc2c(NC(=O)COCCNC(=O)C3(Cc4cccc(Nc5nccs5)n4)CCCCC3)cccc2C1=O. The fourth-order valence-corrected chi connectivity index (χ4v) is 6.96. The van der Waals surface area contributed by atoms with Crippen LogP contribution < -0.4 is 21.3 Å². The van der Waals surface area contributed by atoms with Crippen LogP contribution >= 0.6 is 11.3 Å². The molecule has 2 aromatic heterocycles. The molecule has 48 heavy (non-hydrogen) atoms. The van der Waals surface area contributed by atoms with Crippen LogP contribution in [0, 0.1) is 5.41 Å². The minimum absolute atomic E-state index is 0.0346. The molecular formula is C34H41N7O6S. The Kier molecular flexibility index (Phi) is 11.9. The maximum absolute atomic E-state index is 13.6. The van der Waals surface area contributed by atoms with Gasteiger partial charge in [0.05, 0.1) is 12.0 Å². The lowest BCUT2D eigenvalue weighted by atomic mass is 9.70. The molecule has 14 heteroatoms. The maximum atomic E-state index is 13.6. The zero-order valence-electron chi connectivity index (χ0n) is 27.0. The van der Waals surface area contributed by atoms with Crippen molar-refractivity contribution in [3.8, 4) is 0 Å². The minimum Gasteiger partial charge on any atom is -0.370 e. The second-order valence-corrected chi connectivity index (χ2v) is 12.9. The van der Waals surface area contributed by atoms with E-state index in [2.05, 4.69) is 26.3 Å². The summed E-state index contributed by atoms with van der Waals surface area (Å²) >= 11 is 1.49. The van der Waals surface area contributed by atoms with E-state index in [9.17, 15) is 24.0 Å². The van der Waals surface area contributed by atoms with Crippen LogP contribution in [0.25, 0.3) is 0 Å². The summed E-state index contributed by atoms with van der Waals surface area (Å²) in [5.41, 5.74) is 1.72. The Labute approximate surface area is 283 Å². The van der Waals surface area contributed by atoms with Crippen LogP contribution in [0.3, 0.4) is 0 Å². The van der Waals surface area contributed by atoms with Crippen LogP contribution in [0.5, 0.6) is 0 Å². The van der Waals surface area contributed by atoms with Gasteiger partial charge in [0.25, 0.3) is 5.91 Å². The molecule has 1 saturated carbocycles. The number of aldehydes is 1. The Hall–Kier alpha value is -4.69. The Morgan fingerprint density at radius 3 is 2.69 bits per heavy atom. The summed E-state index contributed by atoms with van der Waals surface area (Å²) in [7, 11) is 1.48. The largest absolute Gasteiger partial charge is 0.370 e. The van der Waals surface area contributed by atoms with Gasteiger partial charge in [0, 0.05) is 67.1 Å². The van der Waals surface area contributed by atoms with E-state index in [0.717, 1.165) is 49.2 Å². The lowest BCUT2D eigenvalue weighted by Crippen LogP contribution is -2.46. The lowest BCUT2D eigenvalue weighted by Gasteiger charge is -2.35. The molecule has 1 fully saturated rings. The molecule has 1 aromatic carbocycles. The van der Waals surface area contributed by atoms with E-state index < -0.39 is 17.4 Å². The van der Waals surface area contributed by atoms with Crippen molar-refractivity contribution in [3.05, 3.63) is 64.8 Å². The first-order valence-corrected chi connectivity index (χ1v) is 17.1. The summed E-state index contributed by atoms with van der Waals surface area (Å²) < 4.78 is 5.60. The number of nitrogens with zero attached hydrogens (tertiary/aromatic N) is 3. The zero-order chi connectivity index (χ0) is 33.9. The number of ether oxygens (including phenoxy) is 1. The number of anilines is 3. The van der Waals surface area contributed by atoms with Crippen LogP contribution in [-0.4, -0.2) is 77.6 Å². The number of hydrogen-bond acceptors (Lipinski definition) is 10. The highest BCUT2D eigenvalue weighted by Gasteiger charge is 2.40. The van der Waals surface area contributed by atoms with Gasteiger partial charge in [0.15, 0.2) is 5.13 Å². The first kappa shape index (κ1) is 34.6. The average Bonchev–Trinajstić information content (AvgIpc) is 3.73. The van der Waals surface area contributed by atoms with Crippen molar-refractivity contribution >= 4 is 57.9 Å². The molecule has 1 unspecified atom stereocenters.